The molecule has 0 aromatic rings. The van der Waals surface area contributed by atoms with E-state index in [-0.39, 0.29) is 5.41 Å². The Morgan fingerprint density at radius 3 is 1.23 bits per heavy atom. The van der Waals surface area contributed by atoms with Crippen LogP contribution in [0.1, 0.15) is 41.5 Å². The third-order valence-corrected chi connectivity index (χ3v) is 3.11. The van der Waals surface area contributed by atoms with Crippen molar-refractivity contribution < 1.29 is 13.2 Å². The summed E-state index contributed by atoms with van der Waals surface area (Å²) in [5.74, 6) is -0.403. The minimum atomic E-state index is -4.13. The van der Waals surface area contributed by atoms with Gasteiger partial charge < -0.3 is 0 Å². The van der Waals surface area contributed by atoms with Gasteiger partial charge in [-0.2, -0.15) is 13.2 Å². The van der Waals surface area contributed by atoms with Crippen LogP contribution in [-0.2, 0) is 0 Å². The second-order valence-corrected chi connectivity index (χ2v) is 5.31. The predicted molar refractivity (Wildman–Crippen MR) is 48.5 cm³/mol. The molecular formula is C10H19F3. The molecule has 0 aromatic carbocycles. The van der Waals surface area contributed by atoms with Crippen molar-refractivity contribution in [2.45, 2.75) is 47.7 Å². The number of hydrogen-bond donors (Lipinski definition) is 0. The molecule has 0 heterocycles. The van der Waals surface area contributed by atoms with Gasteiger partial charge in [-0.3, -0.25) is 0 Å². The zero-order valence-electron chi connectivity index (χ0n) is 9.21. The van der Waals surface area contributed by atoms with Gasteiger partial charge in [0.15, 0.2) is 0 Å². The molecule has 0 aliphatic carbocycles. The summed E-state index contributed by atoms with van der Waals surface area (Å²) in [5.41, 5.74) is -1.94. The van der Waals surface area contributed by atoms with Crippen LogP contribution in [0, 0.1) is 16.7 Å². The van der Waals surface area contributed by atoms with Crippen LogP contribution < -0.4 is 0 Å². The molecule has 0 fully saturated rings. The van der Waals surface area contributed by atoms with Gasteiger partial charge >= 0.3 is 6.18 Å². The second kappa shape index (κ2) is 3.18. The molecule has 0 aromatic heterocycles. The summed E-state index contributed by atoms with van der Waals surface area (Å²) >= 11 is 0. The smallest absolute Gasteiger partial charge is 0.171 e. The Hall–Kier alpha value is -0.210. The van der Waals surface area contributed by atoms with Crippen molar-refractivity contribution in [3.8, 4) is 0 Å². The van der Waals surface area contributed by atoms with E-state index in [9.17, 15) is 13.2 Å². The average Bonchev–Trinajstić information content (AvgIpc) is 1.81. The van der Waals surface area contributed by atoms with E-state index in [0.717, 1.165) is 0 Å². The first kappa shape index (κ1) is 12.8. The van der Waals surface area contributed by atoms with E-state index >= 15 is 0 Å². The zero-order valence-corrected chi connectivity index (χ0v) is 9.21. The van der Waals surface area contributed by atoms with Gasteiger partial charge in [-0.1, -0.05) is 41.5 Å². The topological polar surface area (TPSA) is 0 Å². The van der Waals surface area contributed by atoms with Crippen LogP contribution in [0.3, 0.4) is 0 Å². The Bertz CT molecular complexity index is 172. The molecule has 0 saturated carbocycles. The van der Waals surface area contributed by atoms with E-state index < -0.39 is 17.5 Å². The molecule has 3 heteroatoms. The molecule has 0 aliphatic heterocycles. The molecule has 13 heavy (non-hydrogen) atoms. The number of alkyl halides is 3. The van der Waals surface area contributed by atoms with E-state index in [1.54, 1.807) is 6.92 Å². The molecular weight excluding hydrogens is 177 g/mol. The van der Waals surface area contributed by atoms with E-state index in [4.69, 9.17) is 0 Å². The summed E-state index contributed by atoms with van der Waals surface area (Å²) in [7, 11) is 0. The number of halogens is 3. The lowest BCUT2D eigenvalue weighted by Crippen LogP contribution is -2.43. The minimum Gasteiger partial charge on any atom is -0.171 e. The third-order valence-electron chi connectivity index (χ3n) is 3.11. The highest BCUT2D eigenvalue weighted by Crippen LogP contribution is 2.49. The Morgan fingerprint density at radius 2 is 1.15 bits per heavy atom. The summed E-state index contributed by atoms with van der Waals surface area (Å²) in [6, 6.07) is 0. The van der Waals surface area contributed by atoms with Crippen molar-refractivity contribution in [3.05, 3.63) is 0 Å². The van der Waals surface area contributed by atoms with Gasteiger partial charge in [-0.15, -0.1) is 0 Å². The summed E-state index contributed by atoms with van der Waals surface area (Å²) in [5, 5.41) is 0. The third kappa shape index (κ3) is 2.61. The fraction of sp³-hybridized carbons (Fsp3) is 1.00. The van der Waals surface area contributed by atoms with Crippen LogP contribution in [0.2, 0.25) is 0 Å². The lowest BCUT2D eigenvalue weighted by molar-refractivity contribution is -0.238. The molecule has 0 bridgehead atoms. The normalized spacial score (nSPS) is 17.3. The van der Waals surface area contributed by atoms with Gasteiger partial charge in [0.1, 0.15) is 0 Å². The Labute approximate surface area is 78.5 Å². The molecule has 1 atom stereocenters. The lowest BCUT2D eigenvalue weighted by Gasteiger charge is -2.41. The first-order valence-corrected chi connectivity index (χ1v) is 4.47. The van der Waals surface area contributed by atoms with Gasteiger partial charge in [0.2, 0.25) is 0 Å². The molecule has 0 rings (SSSR count). The van der Waals surface area contributed by atoms with E-state index in [1.807, 2.05) is 20.8 Å². The molecule has 0 unspecified atom stereocenters. The monoisotopic (exact) mass is 196 g/mol. The molecule has 0 spiro atoms. The summed E-state index contributed by atoms with van der Waals surface area (Å²) in [4.78, 5) is 0. The molecule has 0 nitrogen and oxygen atoms in total. The van der Waals surface area contributed by atoms with E-state index in [2.05, 4.69) is 0 Å². The fourth-order valence-corrected chi connectivity index (χ4v) is 1.33. The fourth-order valence-electron chi connectivity index (χ4n) is 1.33. The molecule has 0 N–H and O–H groups in total. The molecule has 0 saturated heterocycles. The lowest BCUT2D eigenvalue weighted by atomic mass is 9.66. The molecule has 0 aliphatic rings. The standard InChI is InChI=1S/C10H19F3/c1-7(8(2,3)4)9(5,6)10(11,12)13/h7H,1-6H3/t7-/m1/s1. The number of rotatable bonds is 1. The average molecular weight is 196 g/mol. The summed E-state index contributed by atoms with van der Waals surface area (Å²) in [6.45, 7) is 9.71. The van der Waals surface area contributed by atoms with Crippen molar-refractivity contribution in [2.24, 2.45) is 16.7 Å². The summed E-state index contributed by atoms with van der Waals surface area (Å²) < 4.78 is 37.8. The highest BCUT2D eigenvalue weighted by Gasteiger charge is 2.53. The number of hydrogen-bond acceptors (Lipinski definition) is 0. The Balaban J connectivity index is 4.86. The van der Waals surface area contributed by atoms with Crippen LogP contribution in [0.25, 0.3) is 0 Å². The maximum atomic E-state index is 12.6. The van der Waals surface area contributed by atoms with Crippen molar-refractivity contribution in [1.82, 2.24) is 0 Å². The second-order valence-electron chi connectivity index (χ2n) is 5.31. The first-order chi connectivity index (χ1) is 5.40. The maximum absolute atomic E-state index is 12.6. The molecule has 80 valence electrons. The first-order valence-electron chi connectivity index (χ1n) is 4.47. The molecule has 0 amide bonds. The van der Waals surface area contributed by atoms with Crippen LogP contribution in [0.5, 0.6) is 0 Å². The van der Waals surface area contributed by atoms with Gasteiger partial charge in [0.05, 0.1) is 5.41 Å². The van der Waals surface area contributed by atoms with Crippen molar-refractivity contribution in [3.63, 3.8) is 0 Å². The van der Waals surface area contributed by atoms with Crippen LogP contribution in [0.4, 0.5) is 13.2 Å². The zero-order chi connectivity index (χ0) is 11.1. The SMILES string of the molecule is C[C@H](C(C)(C)C)C(C)(C)C(F)(F)F. The minimum absolute atomic E-state index is 0.320. The quantitative estimate of drug-likeness (QED) is 0.588. The van der Waals surface area contributed by atoms with Crippen molar-refractivity contribution >= 4 is 0 Å². The van der Waals surface area contributed by atoms with Gasteiger partial charge in [-0.05, 0) is 11.3 Å². The van der Waals surface area contributed by atoms with E-state index in [0.29, 0.717) is 0 Å². The summed E-state index contributed by atoms with van der Waals surface area (Å²) in [6.07, 6.45) is -4.13. The highest BCUT2D eigenvalue weighted by atomic mass is 19.4. The largest absolute Gasteiger partial charge is 0.394 e. The van der Waals surface area contributed by atoms with Crippen molar-refractivity contribution in [1.29, 1.82) is 0 Å². The molecule has 0 radical (unpaired) electrons. The van der Waals surface area contributed by atoms with Gasteiger partial charge in [0, 0.05) is 0 Å². The predicted octanol–water partition coefficient (Wildman–Crippen LogP) is 4.26. The van der Waals surface area contributed by atoms with E-state index in [1.165, 1.54) is 13.8 Å². The van der Waals surface area contributed by atoms with Crippen LogP contribution in [-0.4, -0.2) is 6.18 Å². The van der Waals surface area contributed by atoms with Gasteiger partial charge in [0.25, 0.3) is 0 Å². The van der Waals surface area contributed by atoms with Crippen LogP contribution in [0.15, 0.2) is 0 Å². The van der Waals surface area contributed by atoms with Crippen LogP contribution >= 0.6 is 0 Å². The van der Waals surface area contributed by atoms with Gasteiger partial charge in [-0.25, -0.2) is 0 Å². The Morgan fingerprint density at radius 1 is 0.846 bits per heavy atom. The Kier molecular flexibility index (Phi) is 3.12. The maximum Gasteiger partial charge on any atom is 0.394 e. The van der Waals surface area contributed by atoms with Crippen molar-refractivity contribution in [2.75, 3.05) is 0 Å². The highest BCUT2D eigenvalue weighted by molar-refractivity contribution is 4.88.